The van der Waals surface area contributed by atoms with Gasteiger partial charge >= 0.3 is 7.60 Å². The highest BCUT2D eigenvalue weighted by molar-refractivity contribution is 7.56. The SMILES string of the molecule is CCOP1(=O)Oc2cc(Cl)ccc2C1(C)C. The van der Waals surface area contributed by atoms with E-state index in [0.717, 1.165) is 5.56 Å². The van der Waals surface area contributed by atoms with Crippen LogP contribution in [0.15, 0.2) is 18.2 Å². The van der Waals surface area contributed by atoms with Gasteiger partial charge in [-0.25, -0.2) is 4.57 Å². The highest BCUT2D eigenvalue weighted by Gasteiger charge is 2.53. The van der Waals surface area contributed by atoms with E-state index in [1.807, 2.05) is 19.9 Å². The van der Waals surface area contributed by atoms with Crippen molar-refractivity contribution in [2.24, 2.45) is 0 Å². The highest BCUT2D eigenvalue weighted by Crippen LogP contribution is 2.70. The van der Waals surface area contributed by atoms with Crippen molar-refractivity contribution in [3.05, 3.63) is 28.8 Å². The van der Waals surface area contributed by atoms with Gasteiger partial charge in [0.05, 0.1) is 6.61 Å². The summed E-state index contributed by atoms with van der Waals surface area (Å²) in [6, 6.07) is 5.29. The zero-order chi connectivity index (χ0) is 12.0. The van der Waals surface area contributed by atoms with Crippen LogP contribution in [0.1, 0.15) is 26.3 Å². The average molecular weight is 261 g/mol. The van der Waals surface area contributed by atoms with E-state index in [0.29, 0.717) is 17.4 Å². The number of hydrogen-bond acceptors (Lipinski definition) is 3. The van der Waals surface area contributed by atoms with Crippen molar-refractivity contribution in [3.8, 4) is 5.75 Å². The number of benzene rings is 1. The van der Waals surface area contributed by atoms with Gasteiger partial charge in [-0.1, -0.05) is 17.7 Å². The summed E-state index contributed by atoms with van der Waals surface area (Å²) in [6.07, 6.45) is 0. The Morgan fingerprint density at radius 2 is 2.19 bits per heavy atom. The fourth-order valence-electron chi connectivity index (χ4n) is 1.83. The van der Waals surface area contributed by atoms with E-state index in [2.05, 4.69) is 0 Å². The Morgan fingerprint density at radius 1 is 1.50 bits per heavy atom. The highest BCUT2D eigenvalue weighted by atomic mass is 35.5. The van der Waals surface area contributed by atoms with Crippen molar-refractivity contribution >= 4 is 19.2 Å². The lowest BCUT2D eigenvalue weighted by Gasteiger charge is -2.24. The molecule has 16 heavy (non-hydrogen) atoms. The number of fused-ring (bicyclic) bond motifs is 1. The first-order valence-electron chi connectivity index (χ1n) is 5.15. The van der Waals surface area contributed by atoms with E-state index in [9.17, 15) is 4.57 Å². The Labute approximate surface area is 100 Å². The van der Waals surface area contributed by atoms with Gasteiger partial charge in [0.2, 0.25) is 0 Å². The second-order valence-corrected chi connectivity index (χ2v) is 7.20. The summed E-state index contributed by atoms with van der Waals surface area (Å²) in [7, 11) is -3.13. The van der Waals surface area contributed by atoms with Crippen LogP contribution in [0.3, 0.4) is 0 Å². The van der Waals surface area contributed by atoms with Crippen LogP contribution in [0.2, 0.25) is 5.02 Å². The molecule has 1 aromatic carbocycles. The monoisotopic (exact) mass is 260 g/mol. The molecule has 0 spiro atoms. The van der Waals surface area contributed by atoms with Gasteiger partial charge in [-0.15, -0.1) is 0 Å². The molecule has 0 fully saturated rings. The van der Waals surface area contributed by atoms with Crippen LogP contribution in [0.25, 0.3) is 0 Å². The van der Waals surface area contributed by atoms with Crippen molar-refractivity contribution < 1.29 is 13.6 Å². The van der Waals surface area contributed by atoms with E-state index < -0.39 is 12.8 Å². The van der Waals surface area contributed by atoms with Crippen molar-refractivity contribution in [2.45, 2.75) is 25.9 Å². The van der Waals surface area contributed by atoms with E-state index >= 15 is 0 Å². The van der Waals surface area contributed by atoms with Gasteiger partial charge in [0.1, 0.15) is 10.9 Å². The molecule has 2 rings (SSSR count). The molecule has 0 bridgehead atoms. The molecule has 1 heterocycles. The molecule has 0 aromatic heterocycles. The van der Waals surface area contributed by atoms with Crippen LogP contribution in [0.4, 0.5) is 0 Å². The molecule has 0 saturated heterocycles. The third-order valence-electron chi connectivity index (χ3n) is 2.81. The Kier molecular flexibility index (Phi) is 2.82. The summed E-state index contributed by atoms with van der Waals surface area (Å²) in [5.74, 6) is 0.564. The zero-order valence-corrected chi connectivity index (χ0v) is 11.1. The molecule has 0 aliphatic carbocycles. The predicted octanol–water partition coefficient (Wildman–Crippen LogP) is 4.20. The first-order chi connectivity index (χ1) is 7.40. The third kappa shape index (κ3) is 1.58. The van der Waals surface area contributed by atoms with Gasteiger partial charge in [0, 0.05) is 10.6 Å². The van der Waals surface area contributed by atoms with Crippen LogP contribution in [0.5, 0.6) is 5.75 Å². The van der Waals surface area contributed by atoms with Crippen LogP contribution < -0.4 is 4.52 Å². The molecule has 0 amide bonds. The second kappa shape index (κ2) is 3.76. The van der Waals surface area contributed by atoms with Crippen molar-refractivity contribution in [3.63, 3.8) is 0 Å². The molecule has 0 N–H and O–H groups in total. The Morgan fingerprint density at radius 3 is 2.81 bits per heavy atom. The molecular formula is C11H14ClO3P. The average Bonchev–Trinajstić information content (AvgIpc) is 2.34. The van der Waals surface area contributed by atoms with Crippen molar-refractivity contribution in [2.75, 3.05) is 6.61 Å². The summed E-state index contributed by atoms with van der Waals surface area (Å²) < 4.78 is 23.3. The maximum atomic E-state index is 12.5. The molecular weight excluding hydrogens is 247 g/mol. The van der Waals surface area contributed by atoms with E-state index in [1.54, 1.807) is 19.1 Å². The smallest absolute Gasteiger partial charge is 0.389 e. The molecule has 0 radical (unpaired) electrons. The third-order valence-corrected chi connectivity index (χ3v) is 5.69. The summed E-state index contributed by atoms with van der Waals surface area (Å²) in [5, 5.41) is -0.0531. The van der Waals surface area contributed by atoms with Crippen LogP contribution in [-0.4, -0.2) is 6.61 Å². The summed E-state index contributed by atoms with van der Waals surface area (Å²) in [6.45, 7) is 5.89. The molecule has 1 aromatic rings. The maximum Gasteiger partial charge on any atom is 0.389 e. The summed E-state index contributed by atoms with van der Waals surface area (Å²) in [5.41, 5.74) is 0.883. The minimum Gasteiger partial charge on any atom is -0.423 e. The maximum absolute atomic E-state index is 12.5. The first kappa shape index (κ1) is 12.0. The minimum atomic E-state index is -3.13. The fourth-order valence-corrected chi connectivity index (χ4v) is 3.82. The van der Waals surface area contributed by atoms with Crippen molar-refractivity contribution in [1.82, 2.24) is 0 Å². The van der Waals surface area contributed by atoms with E-state index in [-0.39, 0.29) is 0 Å². The first-order valence-corrected chi connectivity index (χ1v) is 7.07. The summed E-state index contributed by atoms with van der Waals surface area (Å²) >= 11 is 5.88. The predicted molar refractivity (Wildman–Crippen MR) is 64.3 cm³/mol. The normalized spacial score (nSPS) is 26.2. The lowest BCUT2D eigenvalue weighted by molar-refractivity contribution is 0.270. The molecule has 1 aliphatic rings. The molecule has 1 unspecified atom stereocenters. The van der Waals surface area contributed by atoms with Gasteiger partial charge < -0.3 is 4.52 Å². The Bertz CT molecular complexity index is 470. The largest absolute Gasteiger partial charge is 0.423 e. The van der Waals surface area contributed by atoms with Gasteiger partial charge in [-0.3, -0.25) is 4.52 Å². The van der Waals surface area contributed by atoms with Gasteiger partial charge in [0.25, 0.3) is 0 Å². The molecule has 1 atom stereocenters. The number of halogens is 1. The van der Waals surface area contributed by atoms with Gasteiger partial charge in [-0.2, -0.15) is 0 Å². The molecule has 1 aliphatic heterocycles. The van der Waals surface area contributed by atoms with Gasteiger partial charge in [-0.05, 0) is 32.9 Å². The lowest BCUT2D eigenvalue weighted by Crippen LogP contribution is -2.15. The molecule has 88 valence electrons. The number of rotatable bonds is 2. The fraction of sp³-hybridized carbons (Fsp3) is 0.455. The van der Waals surface area contributed by atoms with Crippen LogP contribution in [-0.2, 0) is 14.2 Å². The summed E-state index contributed by atoms with van der Waals surface area (Å²) in [4.78, 5) is 0. The minimum absolute atomic E-state index is 0.364. The topological polar surface area (TPSA) is 35.5 Å². The van der Waals surface area contributed by atoms with E-state index in [4.69, 9.17) is 20.6 Å². The molecule has 0 saturated carbocycles. The quantitative estimate of drug-likeness (QED) is 0.748. The lowest BCUT2D eigenvalue weighted by atomic mass is 10.0. The Hall–Kier alpha value is -0.500. The van der Waals surface area contributed by atoms with Crippen molar-refractivity contribution in [1.29, 1.82) is 0 Å². The van der Waals surface area contributed by atoms with Gasteiger partial charge in [0.15, 0.2) is 0 Å². The van der Waals surface area contributed by atoms with Crippen LogP contribution in [0, 0.1) is 0 Å². The molecule has 5 heteroatoms. The number of hydrogen-bond donors (Lipinski definition) is 0. The standard InChI is InChI=1S/C11H14ClO3P/c1-4-14-16(13)11(2,3)9-6-5-8(12)7-10(9)15-16/h5-7H,4H2,1-3H3. The molecule has 3 nitrogen and oxygen atoms in total. The van der Waals surface area contributed by atoms with Crippen LogP contribution >= 0.6 is 19.2 Å². The Balaban J connectivity index is 2.53. The van der Waals surface area contributed by atoms with E-state index in [1.165, 1.54) is 0 Å². The second-order valence-electron chi connectivity index (χ2n) is 4.21. The zero-order valence-electron chi connectivity index (χ0n) is 9.49.